The highest BCUT2D eigenvalue weighted by Gasteiger charge is 2.18. The lowest BCUT2D eigenvalue weighted by Gasteiger charge is -2.16. The highest BCUT2D eigenvalue weighted by molar-refractivity contribution is 5.97. The number of hydrogen-bond donors (Lipinski definition) is 4. The second-order valence-corrected chi connectivity index (χ2v) is 9.74. The van der Waals surface area contributed by atoms with Gasteiger partial charge in [-0.1, -0.05) is 24.3 Å². The number of ether oxygens (including phenoxy) is 1. The van der Waals surface area contributed by atoms with E-state index in [0.29, 0.717) is 46.5 Å². The van der Waals surface area contributed by atoms with Crippen LogP contribution in [-0.2, 0) is 11.2 Å². The third-order valence-corrected chi connectivity index (χ3v) is 6.69. The van der Waals surface area contributed by atoms with Crippen LogP contribution in [0.15, 0.2) is 79.0 Å². The first-order valence-electron chi connectivity index (χ1n) is 13.8. The molecule has 2 heterocycles. The van der Waals surface area contributed by atoms with E-state index < -0.39 is 0 Å². The first-order valence-corrected chi connectivity index (χ1v) is 13.8. The molecule has 11 heteroatoms. The predicted octanol–water partition coefficient (Wildman–Crippen LogP) is 4.89. The van der Waals surface area contributed by atoms with E-state index in [1.54, 1.807) is 35.7 Å². The molecule has 220 valence electrons. The molecule has 0 aliphatic heterocycles. The Hall–Kier alpha value is -5.29. The Bertz CT molecular complexity index is 1750. The van der Waals surface area contributed by atoms with Gasteiger partial charge in [-0.25, -0.2) is 8.91 Å². The number of anilines is 3. The molecule has 0 aliphatic carbocycles. The summed E-state index contributed by atoms with van der Waals surface area (Å²) in [5, 5.41) is 22.3. The van der Waals surface area contributed by atoms with Gasteiger partial charge < -0.3 is 25.8 Å². The number of amides is 2. The van der Waals surface area contributed by atoms with Crippen molar-refractivity contribution in [3.63, 3.8) is 0 Å². The van der Waals surface area contributed by atoms with Gasteiger partial charge >= 0.3 is 0 Å². The number of hydrogen-bond acceptors (Lipinski definition) is 7. The van der Waals surface area contributed by atoms with Gasteiger partial charge in [0.1, 0.15) is 11.6 Å². The van der Waals surface area contributed by atoms with Crippen LogP contribution in [0.25, 0.3) is 16.8 Å². The average Bonchev–Trinajstić information content (AvgIpc) is 3.41. The molecule has 5 rings (SSSR count). The van der Waals surface area contributed by atoms with Crippen molar-refractivity contribution >= 4 is 34.8 Å². The molecule has 0 spiro atoms. The van der Waals surface area contributed by atoms with Crippen molar-refractivity contribution in [2.75, 3.05) is 30.4 Å². The number of fused-ring (bicyclic) bond motifs is 1. The number of aliphatic hydroxyl groups is 1. The summed E-state index contributed by atoms with van der Waals surface area (Å²) >= 11 is 0. The maximum Gasteiger partial charge on any atom is 0.251 e. The van der Waals surface area contributed by atoms with Gasteiger partial charge in [-0.15, -0.1) is 5.10 Å². The number of carbonyl (C=O) groups excluding carboxylic acids is 2. The molecule has 0 unspecified atom stereocenters. The summed E-state index contributed by atoms with van der Waals surface area (Å²) in [6.45, 7) is 4.08. The Kier molecular flexibility index (Phi) is 8.92. The third-order valence-electron chi connectivity index (χ3n) is 6.69. The lowest BCUT2D eigenvalue weighted by molar-refractivity contribution is -0.115. The summed E-state index contributed by atoms with van der Waals surface area (Å²) in [6, 6.07) is 20.5. The van der Waals surface area contributed by atoms with Crippen LogP contribution < -0.4 is 20.7 Å². The monoisotopic (exact) mass is 582 g/mol. The van der Waals surface area contributed by atoms with Gasteiger partial charge in [0, 0.05) is 35.1 Å². The Labute approximate surface area is 247 Å². The minimum Gasteiger partial charge on any atom is -0.491 e. The number of halogens is 1. The van der Waals surface area contributed by atoms with Crippen LogP contribution >= 0.6 is 0 Å². The molecule has 2 amide bonds. The molecular formula is C32H31FN6O4. The normalized spacial score (nSPS) is 10.9. The van der Waals surface area contributed by atoms with Gasteiger partial charge in [-0.2, -0.15) is 4.98 Å². The number of carbonyl (C=O) groups is 2. The van der Waals surface area contributed by atoms with E-state index in [1.165, 1.54) is 12.1 Å². The number of nitrogens with one attached hydrogen (secondary N) is 3. The number of rotatable bonds is 11. The Morgan fingerprint density at radius 1 is 0.977 bits per heavy atom. The van der Waals surface area contributed by atoms with Crippen LogP contribution in [0.1, 0.15) is 28.4 Å². The Balaban J connectivity index is 1.30. The van der Waals surface area contributed by atoms with E-state index >= 15 is 0 Å². The number of aromatic nitrogens is 3. The van der Waals surface area contributed by atoms with Gasteiger partial charge in [0.25, 0.3) is 5.91 Å². The van der Waals surface area contributed by atoms with Crippen molar-refractivity contribution in [3.8, 4) is 16.9 Å². The standard InChI is InChI=1S/C32H31FN6O4/c1-3-43-30-20(2)26(31(42)34-16-17-40)13-14-27(30)36-32-37-28-15-8-23(19-39(28)38-32)22-6-11-25(12-7-22)35-29(41)18-21-4-9-24(33)10-5-21/h4-15,19,40H,3,16-18H2,1-2H3,(H,34,42)(H,35,41)(H,36,38). The summed E-state index contributed by atoms with van der Waals surface area (Å²) in [5.41, 5.74) is 5.56. The lowest BCUT2D eigenvalue weighted by Crippen LogP contribution is -2.27. The molecule has 4 N–H and O–H groups in total. The molecule has 2 aromatic heterocycles. The first kappa shape index (κ1) is 29.2. The van der Waals surface area contributed by atoms with Crippen molar-refractivity contribution in [2.24, 2.45) is 0 Å². The topological polar surface area (TPSA) is 130 Å². The Morgan fingerprint density at radius 3 is 2.44 bits per heavy atom. The zero-order valence-corrected chi connectivity index (χ0v) is 23.7. The van der Waals surface area contributed by atoms with Crippen LogP contribution in [0.2, 0.25) is 0 Å². The average molecular weight is 583 g/mol. The summed E-state index contributed by atoms with van der Waals surface area (Å²) in [4.78, 5) is 29.5. The zero-order chi connectivity index (χ0) is 30.3. The van der Waals surface area contributed by atoms with Crippen LogP contribution in [0.3, 0.4) is 0 Å². The molecular weight excluding hydrogens is 551 g/mol. The van der Waals surface area contributed by atoms with Crippen molar-refractivity contribution < 1.29 is 23.8 Å². The van der Waals surface area contributed by atoms with Crippen LogP contribution in [0.4, 0.5) is 21.7 Å². The van der Waals surface area contributed by atoms with Crippen LogP contribution in [-0.4, -0.2) is 51.3 Å². The molecule has 0 aliphatic rings. The minimum atomic E-state index is -0.338. The Morgan fingerprint density at radius 2 is 1.72 bits per heavy atom. The van der Waals surface area contributed by atoms with Crippen molar-refractivity contribution in [1.29, 1.82) is 0 Å². The highest BCUT2D eigenvalue weighted by atomic mass is 19.1. The largest absolute Gasteiger partial charge is 0.491 e. The summed E-state index contributed by atoms with van der Waals surface area (Å²) in [7, 11) is 0. The molecule has 0 radical (unpaired) electrons. The van der Waals surface area contributed by atoms with Crippen molar-refractivity contribution in [2.45, 2.75) is 20.3 Å². The zero-order valence-electron chi connectivity index (χ0n) is 23.7. The molecule has 5 aromatic rings. The molecule has 0 saturated carbocycles. The third kappa shape index (κ3) is 6.96. The van der Waals surface area contributed by atoms with Gasteiger partial charge in [-0.05, 0) is 73.5 Å². The first-order chi connectivity index (χ1) is 20.8. The van der Waals surface area contributed by atoms with Crippen molar-refractivity contribution in [1.82, 2.24) is 19.9 Å². The minimum absolute atomic E-state index is 0.145. The highest BCUT2D eigenvalue weighted by Crippen LogP contribution is 2.33. The van der Waals surface area contributed by atoms with Gasteiger partial charge in [0.05, 0.1) is 25.3 Å². The second kappa shape index (κ2) is 13.1. The molecule has 3 aromatic carbocycles. The maximum absolute atomic E-state index is 13.1. The summed E-state index contributed by atoms with van der Waals surface area (Å²) in [6.07, 6.45) is 2.01. The summed E-state index contributed by atoms with van der Waals surface area (Å²) < 4.78 is 20.6. The fourth-order valence-corrected chi connectivity index (χ4v) is 4.60. The number of aliphatic hydroxyl groups excluding tert-OH is 1. The van der Waals surface area contributed by atoms with Gasteiger partial charge in [-0.3, -0.25) is 9.59 Å². The molecule has 10 nitrogen and oxygen atoms in total. The van der Waals surface area contributed by atoms with E-state index in [4.69, 9.17) is 9.84 Å². The number of nitrogens with zero attached hydrogens (tertiary/aromatic N) is 3. The maximum atomic E-state index is 13.1. The van der Waals surface area contributed by atoms with Gasteiger partial charge in [0.2, 0.25) is 11.9 Å². The van der Waals surface area contributed by atoms with Crippen LogP contribution in [0.5, 0.6) is 5.75 Å². The van der Waals surface area contributed by atoms with E-state index in [-0.39, 0.29) is 37.2 Å². The van der Waals surface area contributed by atoms with Crippen molar-refractivity contribution in [3.05, 3.63) is 102 Å². The molecule has 0 bridgehead atoms. The second-order valence-electron chi connectivity index (χ2n) is 9.74. The molecule has 0 fully saturated rings. The predicted molar refractivity (Wildman–Crippen MR) is 162 cm³/mol. The lowest BCUT2D eigenvalue weighted by atomic mass is 10.1. The van der Waals surface area contributed by atoms with E-state index in [2.05, 4.69) is 26.0 Å². The number of benzene rings is 3. The SMILES string of the molecule is CCOc1c(Nc2nc3ccc(-c4ccc(NC(=O)Cc5ccc(F)cc5)cc4)cn3n2)ccc(C(=O)NCCO)c1C. The molecule has 0 saturated heterocycles. The quantitative estimate of drug-likeness (QED) is 0.175. The van der Waals surface area contributed by atoms with Crippen LogP contribution in [0, 0.1) is 12.7 Å². The number of pyridine rings is 1. The van der Waals surface area contributed by atoms with E-state index in [9.17, 15) is 14.0 Å². The smallest absolute Gasteiger partial charge is 0.251 e. The molecule has 43 heavy (non-hydrogen) atoms. The van der Waals surface area contributed by atoms with E-state index in [1.807, 2.05) is 49.5 Å². The van der Waals surface area contributed by atoms with E-state index in [0.717, 1.165) is 16.7 Å². The summed E-state index contributed by atoms with van der Waals surface area (Å²) in [5.74, 6) is 0.0523. The van der Waals surface area contributed by atoms with Gasteiger partial charge in [0.15, 0.2) is 5.65 Å². The molecule has 0 atom stereocenters. The fourth-order valence-electron chi connectivity index (χ4n) is 4.60. The fraction of sp³-hybridized carbons (Fsp3) is 0.188.